The molecule has 1 aromatic carbocycles. The summed E-state index contributed by atoms with van der Waals surface area (Å²) in [6.07, 6.45) is 9.31. The highest BCUT2D eigenvalue weighted by Crippen LogP contribution is 2.40. The predicted molar refractivity (Wildman–Crippen MR) is 89.9 cm³/mol. The van der Waals surface area contributed by atoms with E-state index in [0.29, 0.717) is 10.0 Å². The van der Waals surface area contributed by atoms with Gasteiger partial charge in [-0.15, -0.1) is 0 Å². The molecule has 22 heavy (non-hydrogen) atoms. The minimum absolute atomic E-state index is 0.161. The Morgan fingerprint density at radius 2 is 1.95 bits per heavy atom. The lowest BCUT2D eigenvalue weighted by molar-refractivity contribution is 0.0690. The molecular formula is C18H24BrFO2. The van der Waals surface area contributed by atoms with Gasteiger partial charge < -0.3 is 5.11 Å². The summed E-state index contributed by atoms with van der Waals surface area (Å²) < 4.78 is 14.8. The lowest BCUT2D eigenvalue weighted by atomic mass is 9.76. The van der Waals surface area contributed by atoms with Crippen molar-refractivity contribution >= 4 is 21.9 Å². The maximum absolute atomic E-state index is 14.5. The maximum Gasteiger partial charge on any atom is 0.339 e. The highest BCUT2D eigenvalue weighted by molar-refractivity contribution is 9.10. The van der Waals surface area contributed by atoms with Gasteiger partial charge >= 0.3 is 5.97 Å². The van der Waals surface area contributed by atoms with Crippen LogP contribution < -0.4 is 0 Å². The molecule has 0 aromatic heterocycles. The second-order valence-corrected chi connectivity index (χ2v) is 7.20. The van der Waals surface area contributed by atoms with Crippen LogP contribution in [0, 0.1) is 11.7 Å². The van der Waals surface area contributed by atoms with Gasteiger partial charge in [0.2, 0.25) is 0 Å². The number of carbonyl (C=O) groups is 1. The van der Waals surface area contributed by atoms with E-state index in [9.17, 15) is 9.18 Å². The van der Waals surface area contributed by atoms with Gasteiger partial charge in [0, 0.05) is 4.47 Å². The standard InChI is InChI=1S/C18H24BrFO2/c1-2-3-4-5-12-6-8-13(9-7-12)14-10-11-15(19)16(17(14)20)18(21)22/h10-13H,2-9H2,1H3,(H,21,22)/t12-,13-. The summed E-state index contributed by atoms with van der Waals surface area (Å²) in [5.74, 6) is -0.843. The first-order valence-electron chi connectivity index (χ1n) is 8.25. The maximum atomic E-state index is 14.5. The quantitative estimate of drug-likeness (QED) is 0.610. The van der Waals surface area contributed by atoms with Crippen LogP contribution in [0.3, 0.4) is 0 Å². The zero-order chi connectivity index (χ0) is 16.1. The van der Waals surface area contributed by atoms with Crippen molar-refractivity contribution in [1.29, 1.82) is 0 Å². The third kappa shape index (κ3) is 4.09. The number of benzene rings is 1. The molecule has 122 valence electrons. The van der Waals surface area contributed by atoms with Crippen molar-refractivity contribution in [2.75, 3.05) is 0 Å². The van der Waals surface area contributed by atoms with Crippen LogP contribution in [0.5, 0.6) is 0 Å². The molecule has 1 N–H and O–H groups in total. The molecule has 0 amide bonds. The topological polar surface area (TPSA) is 37.3 Å². The fourth-order valence-electron chi connectivity index (χ4n) is 3.53. The summed E-state index contributed by atoms with van der Waals surface area (Å²) in [4.78, 5) is 11.2. The Kier molecular flexibility index (Phi) is 6.42. The van der Waals surface area contributed by atoms with Gasteiger partial charge in [-0.1, -0.05) is 38.7 Å². The van der Waals surface area contributed by atoms with Crippen LogP contribution in [0.4, 0.5) is 4.39 Å². The second-order valence-electron chi connectivity index (χ2n) is 6.34. The van der Waals surface area contributed by atoms with Crippen LogP contribution in [-0.4, -0.2) is 11.1 Å². The SMILES string of the molecule is CCCCC[C@H]1CC[C@H](c2ccc(Br)c(C(=O)O)c2F)CC1. The molecule has 1 fully saturated rings. The number of unbranched alkanes of at least 4 members (excludes halogenated alkanes) is 2. The van der Waals surface area contributed by atoms with Crippen molar-refractivity contribution in [2.45, 2.75) is 64.2 Å². The van der Waals surface area contributed by atoms with Crippen molar-refractivity contribution in [3.05, 3.63) is 33.5 Å². The van der Waals surface area contributed by atoms with Crippen molar-refractivity contribution in [1.82, 2.24) is 0 Å². The summed E-state index contributed by atoms with van der Waals surface area (Å²) in [7, 11) is 0. The first-order valence-corrected chi connectivity index (χ1v) is 9.05. The molecule has 1 aromatic rings. The normalized spacial score (nSPS) is 21.8. The van der Waals surface area contributed by atoms with Gasteiger partial charge in [-0.05, 0) is 65.1 Å². The molecule has 0 heterocycles. The van der Waals surface area contributed by atoms with Crippen LogP contribution in [0.25, 0.3) is 0 Å². The van der Waals surface area contributed by atoms with Crippen LogP contribution in [0.1, 0.15) is 80.1 Å². The molecule has 0 spiro atoms. The minimum Gasteiger partial charge on any atom is -0.478 e. The third-order valence-electron chi connectivity index (χ3n) is 4.84. The number of halogens is 2. The molecule has 1 aliphatic carbocycles. The van der Waals surface area contributed by atoms with Crippen molar-refractivity contribution in [3.8, 4) is 0 Å². The van der Waals surface area contributed by atoms with Crippen LogP contribution >= 0.6 is 15.9 Å². The molecule has 0 radical (unpaired) electrons. The molecule has 2 rings (SSSR count). The molecule has 2 nitrogen and oxygen atoms in total. The van der Waals surface area contributed by atoms with Gasteiger partial charge in [-0.3, -0.25) is 0 Å². The highest BCUT2D eigenvalue weighted by Gasteiger charge is 2.27. The Bertz CT molecular complexity index is 522. The molecule has 1 aliphatic rings. The van der Waals surface area contributed by atoms with E-state index in [-0.39, 0.29) is 11.5 Å². The van der Waals surface area contributed by atoms with E-state index in [2.05, 4.69) is 22.9 Å². The van der Waals surface area contributed by atoms with E-state index in [4.69, 9.17) is 5.11 Å². The van der Waals surface area contributed by atoms with Crippen molar-refractivity contribution in [2.24, 2.45) is 5.92 Å². The molecule has 0 aliphatic heterocycles. The van der Waals surface area contributed by atoms with Gasteiger partial charge in [0.15, 0.2) is 0 Å². The van der Waals surface area contributed by atoms with Crippen LogP contribution in [-0.2, 0) is 0 Å². The third-order valence-corrected chi connectivity index (χ3v) is 5.50. The van der Waals surface area contributed by atoms with Gasteiger partial charge in [0.05, 0.1) is 0 Å². The monoisotopic (exact) mass is 370 g/mol. The number of hydrogen-bond donors (Lipinski definition) is 1. The smallest absolute Gasteiger partial charge is 0.339 e. The minimum atomic E-state index is -1.21. The molecule has 4 heteroatoms. The van der Waals surface area contributed by atoms with Gasteiger partial charge in [-0.2, -0.15) is 0 Å². The van der Waals surface area contributed by atoms with Crippen molar-refractivity contribution in [3.63, 3.8) is 0 Å². The van der Waals surface area contributed by atoms with Crippen LogP contribution in [0.15, 0.2) is 16.6 Å². The average molecular weight is 371 g/mol. The summed E-state index contributed by atoms with van der Waals surface area (Å²) in [5, 5.41) is 9.16. The Labute approximate surface area is 140 Å². The highest BCUT2D eigenvalue weighted by atomic mass is 79.9. The van der Waals surface area contributed by atoms with E-state index in [1.807, 2.05) is 0 Å². The number of rotatable bonds is 6. The molecular weight excluding hydrogens is 347 g/mol. The van der Waals surface area contributed by atoms with E-state index >= 15 is 0 Å². The van der Waals surface area contributed by atoms with Crippen LogP contribution in [0.2, 0.25) is 0 Å². The lowest BCUT2D eigenvalue weighted by Gasteiger charge is -2.29. The fourth-order valence-corrected chi connectivity index (χ4v) is 4.00. The molecule has 0 saturated heterocycles. The van der Waals surface area contributed by atoms with Gasteiger partial charge in [0.1, 0.15) is 11.4 Å². The second kappa shape index (κ2) is 8.09. The largest absolute Gasteiger partial charge is 0.478 e. The summed E-state index contributed by atoms with van der Waals surface area (Å²) in [6, 6.07) is 3.41. The molecule has 0 atom stereocenters. The Hall–Kier alpha value is -0.900. The first-order chi connectivity index (χ1) is 10.5. The molecule has 0 bridgehead atoms. The first kappa shape index (κ1) is 17.5. The lowest BCUT2D eigenvalue weighted by Crippen LogP contribution is -2.16. The summed E-state index contributed by atoms with van der Waals surface area (Å²) in [6.45, 7) is 2.22. The average Bonchev–Trinajstić information content (AvgIpc) is 2.48. The molecule has 1 saturated carbocycles. The van der Waals surface area contributed by atoms with E-state index in [0.717, 1.165) is 31.6 Å². The number of carboxylic acids is 1. The van der Waals surface area contributed by atoms with E-state index in [1.54, 1.807) is 12.1 Å². The van der Waals surface area contributed by atoms with Gasteiger partial charge in [-0.25, -0.2) is 9.18 Å². The van der Waals surface area contributed by atoms with E-state index in [1.165, 1.54) is 25.7 Å². The fraction of sp³-hybridized carbons (Fsp3) is 0.611. The van der Waals surface area contributed by atoms with Crippen molar-refractivity contribution < 1.29 is 14.3 Å². The van der Waals surface area contributed by atoms with Gasteiger partial charge in [0.25, 0.3) is 0 Å². The summed E-state index contributed by atoms with van der Waals surface area (Å²) >= 11 is 3.13. The van der Waals surface area contributed by atoms with E-state index < -0.39 is 11.8 Å². The summed E-state index contributed by atoms with van der Waals surface area (Å²) in [5.41, 5.74) is 0.343. The zero-order valence-corrected chi connectivity index (χ0v) is 14.7. The molecule has 0 unspecified atom stereocenters. The Balaban J connectivity index is 2.03. The Morgan fingerprint density at radius 1 is 1.27 bits per heavy atom. The number of carboxylic acid groups (broad SMARTS) is 1. The number of hydrogen-bond acceptors (Lipinski definition) is 1. The number of aromatic carboxylic acids is 1. The predicted octanol–water partition coefficient (Wildman–Crippen LogP) is 6.14. The Morgan fingerprint density at radius 3 is 2.55 bits per heavy atom. The zero-order valence-electron chi connectivity index (χ0n) is 13.1.